The molecule has 0 aliphatic carbocycles. The van der Waals surface area contributed by atoms with Crippen molar-refractivity contribution in [2.45, 2.75) is 0 Å². The summed E-state index contributed by atoms with van der Waals surface area (Å²) in [6.45, 7) is -0.274. The van der Waals surface area contributed by atoms with Gasteiger partial charge in [-0.25, -0.2) is 4.79 Å². The van der Waals surface area contributed by atoms with Crippen molar-refractivity contribution < 1.29 is 19.4 Å². The summed E-state index contributed by atoms with van der Waals surface area (Å²) in [4.78, 5) is 21.2. The molecule has 1 N–H and O–H groups in total. The summed E-state index contributed by atoms with van der Waals surface area (Å²) < 4.78 is 4.33. The minimum absolute atomic E-state index is 0.131. The second kappa shape index (κ2) is 1.93. The molecule has 0 unspecified atom stereocenters. The molecule has 1 rings (SSSR count). The Morgan fingerprint density at radius 1 is 1.78 bits per heavy atom. The molecular weight excluding hydrogens is 126 g/mol. The van der Waals surface area contributed by atoms with Crippen LogP contribution in [0.15, 0.2) is 0 Å². The van der Waals surface area contributed by atoms with Crippen molar-refractivity contribution in [1.82, 2.24) is 4.90 Å². The van der Waals surface area contributed by atoms with Crippen molar-refractivity contribution in [3.8, 4) is 0 Å². The quantitative estimate of drug-likeness (QED) is 0.449. The van der Waals surface area contributed by atoms with Crippen molar-refractivity contribution in [1.29, 1.82) is 0 Å². The predicted octanol–water partition coefficient (Wildman–Crippen LogP) is -0.519. The van der Waals surface area contributed by atoms with Gasteiger partial charge in [0.05, 0.1) is 0 Å². The van der Waals surface area contributed by atoms with E-state index in [9.17, 15) is 9.59 Å². The lowest BCUT2D eigenvalue weighted by Crippen LogP contribution is -2.26. The number of nitrogens with zero attached hydrogens (tertiary/aromatic N) is 1. The van der Waals surface area contributed by atoms with Crippen LogP contribution in [0.25, 0.3) is 0 Å². The molecule has 5 heteroatoms. The van der Waals surface area contributed by atoms with E-state index in [1.54, 1.807) is 0 Å². The highest BCUT2D eigenvalue weighted by Gasteiger charge is 2.24. The van der Waals surface area contributed by atoms with E-state index in [0.29, 0.717) is 0 Å². The number of carboxylic acid groups (broad SMARTS) is 1. The smallest absolute Gasteiger partial charge is 0.410 e. The van der Waals surface area contributed by atoms with Crippen LogP contribution in [0.3, 0.4) is 0 Å². The van der Waals surface area contributed by atoms with E-state index in [2.05, 4.69) is 4.74 Å². The zero-order chi connectivity index (χ0) is 6.85. The first-order chi connectivity index (χ1) is 4.20. The number of ether oxygens (including phenoxy) is 1. The standard InChI is InChI=1S/C4H5NO4/c6-3-1-5(2-9-3)4(7)8/h1-2H2,(H,7,8). The van der Waals surface area contributed by atoms with Crippen LogP contribution in [-0.4, -0.2) is 35.3 Å². The molecule has 1 aliphatic heterocycles. The minimum Gasteiger partial charge on any atom is -0.465 e. The number of esters is 1. The van der Waals surface area contributed by atoms with Crippen LogP contribution < -0.4 is 0 Å². The lowest BCUT2D eigenvalue weighted by atomic mass is 10.6. The second-order valence-corrected chi connectivity index (χ2v) is 1.63. The third kappa shape index (κ3) is 1.10. The Morgan fingerprint density at radius 3 is 2.67 bits per heavy atom. The second-order valence-electron chi connectivity index (χ2n) is 1.63. The molecule has 9 heavy (non-hydrogen) atoms. The fourth-order valence-corrected chi connectivity index (χ4v) is 0.520. The largest absolute Gasteiger partial charge is 0.465 e. The fourth-order valence-electron chi connectivity index (χ4n) is 0.520. The van der Waals surface area contributed by atoms with Gasteiger partial charge in [-0.15, -0.1) is 0 Å². The van der Waals surface area contributed by atoms with Crippen molar-refractivity contribution in [2.24, 2.45) is 0 Å². The Bertz CT molecular complexity index is 155. The van der Waals surface area contributed by atoms with Crippen LogP contribution in [0.1, 0.15) is 0 Å². The van der Waals surface area contributed by atoms with Gasteiger partial charge in [0, 0.05) is 0 Å². The highest BCUT2D eigenvalue weighted by atomic mass is 16.6. The average Bonchev–Trinajstić information content (AvgIpc) is 2.14. The third-order valence-electron chi connectivity index (χ3n) is 0.972. The van der Waals surface area contributed by atoms with Gasteiger partial charge in [-0.1, -0.05) is 0 Å². The summed E-state index contributed by atoms with van der Waals surface area (Å²) in [6, 6.07) is 0. The number of amides is 1. The average molecular weight is 131 g/mol. The summed E-state index contributed by atoms with van der Waals surface area (Å²) in [7, 11) is 0. The third-order valence-corrected chi connectivity index (χ3v) is 0.972. The molecule has 0 saturated carbocycles. The molecule has 0 bridgehead atoms. The Morgan fingerprint density at radius 2 is 2.44 bits per heavy atom. The van der Waals surface area contributed by atoms with Crippen LogP contribution >= 0.6 is 0 Å². The number of rotatable bonds is 0. The number of carbonyl (C=O) groups excluding carboxylic acids is 1. The molecule has 0 radical (unpaired) electrons. The molecule has 1 fully saturated rings. The molecule has 1 heterocycles. The van der Waals surface area contributed by atoms with Crippen LogP contribution in [0.4, 0.5) is 4.79 Å². The van der Waals surface area contributed by atoms with Gasteiger partial charge >= 0.3 is 12.1 Å². The minimum atomic E-state index is -1.12. The Labute approximate surface area is 50.8 Å². The zero-order valence-corrected chi connectivity index (χ0v) is 4.53. The number of cyclic esters (lactones) is 1. The van der Waals surface area contributed by atoms with Crippen LogP contribution in [0.5, 0.6) is 0 Å². The molecule has 1 amide bonds. The van der Waals surface area contributed by atoms with Gasteiger partial charge in [0.15, 0.2) is 6.73 Å². The Hall–Kier alpha value is -1.26. The molecule has 0 atom stereocenters. The van der Waals surface area contributed by atoms with E-state index in [1.165, 1.54) is 0 Å². The lowest BCUT2D eigenvalue weighted by Gasteiger charge is -2.03. The molecular formula is C4H5NO4. The first-order valence-electron chi connectivity index (χ1n) is 2.33. The molecule has 0 aromatic heterocycles. The summed E-state index contributed by atoms with van der Waals surface area (Å²) in [5.74, 6) is -0.489. The monoisotopic (exact) mass is 131 g/mol. The Kier molecular flexibility index (Phi) is 1.26. The first-order valence-corrected chi connectivity index (χ1v) is 2.33. The maximum atomic E-state index is 10.2. The predicted molar refractivity (Wildman–Crippen MR) is 25.7 cm³/mol. The molecule has 5 nitrogen and oxygen atoms in total. The van der Waals surface area contributed by atoms with Gasteiger partial charge in [-0.3, -0.25) is 9.69 Å². The van der Waals surface area contributed by atoms with Gasteiger partial charge in [0.25, 0.3) is 0 Å². The van der Waals surface area contributed by atoms with Gasteiger partial charge in [0.2, 0.25) is 0 Å². The van der Waals surface area contributed by atoms with Crippen LogP contribution in [0.2, 0.25) is 0 Å². The molecule has 50 valence electrons. The number of carbonyl (C=O) groups is 2. The van der Waals surface area contributed by atoms with Crippen molar-refractivity contribution in [3.05, 3.63) is 0 Å². The summed E-state index contributed by atoms with van der Waals surface area (Å²) in [5.41, 5.74) is 0. The van der Waals surface area contributed by atoms with Gasteiger partial charge in [-0.2, -0.15) is 0 Å². The van der Waals surface area contributed by atoms with E-state index < -0.39 is 12.1 Å². The zero-order valence-electron chi connectivity index (χ0n) is 4.53. The molecule has 1 saturated heterocycles. The van der Waals surface area contributed by atoms with Crippen molar-refractivity contribution in [2.75, 3.05) is 13.3 Å². The van der Waals surface area contributed by atoms with Crippen molar-refractivity contribution >= 4 is 12.1 Å². The number of hydrogen-bond acceptors (Lipinski definition) is 3. The topological polar surface area (TPSA) is 66.8 Å². The molecule has 1 aliphatic rings. The van der Waals surface area contributed by atoms with E-state index in [1.807, 2.05) is 0 Å². The van der Waals surface area contributed by atoms with Crippen LogP contribution in [-0.2, 0) is 9.53 Å². The van der Waals surface area contributed by atoms with E-state index in [-0.39, 0.29) is 13.3 Å². The first kappa shape index (κ1) is 5.87. The molecule has 0 spiro atoms. The highest BCUT2D eigenvalue weighted by Crippen LogP contribution is 1.99. The summed E-state index contributed by atoms with van der Waals surface area (Å²) in [6.07, 6.45) is -1.12. The summed E-state index contributed by atoms with van der Waals surface area (Å²) in [5, 5.41) is 8.22. The Balaban J connectivity index is 2.48. The van der Waals surface area contributed by atoms with E-state index in [4.69, 9.17) is 5.11 Å². The lowest BCUT2D eigenvalue weighted by molar-refractivity contribution is -0.136. The van der Waals surface area contributed by atoms with Gasteiger partial charge in [-0.05, 0) is 0 Å². The molecule has 0 aromatic rings. The van der Waals surface area contributed by atoms with Gasteiger partial charge in [0.1, 0.15) is 6.54 Å². The number of hydrogen-bond donors (Lipinski definition) is 1. The fraction of sp³-hybridized carbons (Fsp3) is 0.500. The van der Waals surface area contributed by atoms with Crippen LogP contribution in [0, 0.1) is 0 Å². The highest BCUT2D eigenvalue weighted by molar-refractivity contribution is 5.79. The summed E-state index contributed by atoms with van der Waals surface area (Å²) >= 11 is 0. The normalized spacial score (nSPS) is 17.8. The maximum Gasteiger partial charge on any atom is 0.410 e. The molecule has 0 aromatic carbocycles. The van der Waals surface area contributed by atoms with E-state index in [0.717, 1.165) is 4.90 Å². The SMILES string of the molecule is O=C1CN(C(=O)O)CO1. The maximum absolute atomic E-state index is 10.2. The van der Waals surface area contributed by atoms with E-state index >= 15 is 0 Å². The van der Waals surface area contributed by atoms with Crippen molar-refractivity contribution in [3.63, 3.8) is 0 Å². The van der Waals surface area contributed by atoms with Gasteiger partial charge < -0.3 is 9.84 Å².